The van der Waals surface area contributed by atoms with Crippen LogP contribution in [-0.4, -0.2) is 27.2 Å². The SMILES string of the molecule is C1=CC2(N=CC=C3C2=Cc2ccccc23)C2=Cc3ccccc3C2=C1.CCCCCc1ccnnn1. The van der Waals surface area contributed by atoms with Crippen LogP contribution >= 0.6 is 0 Å². The summed E-state index contributed by atoms with van der Waals surface area (Å²) in [6.07, 6.45) is 21.8. The van der Waals surface area contributed by atoms with Crippen molar-refractivity contribution < 1.29 is 0 Å². The summed E-state index contributed by atoms with van der Waals surface area (Å²) in [5, 5.41) is 11.1. The molecule has 2 aromatic carbocycles. The maximum atomic E-state index is 5.01. The average Bonchev–Trinajstić information content (AvgIpc) is 3.51. The van der Waals surface area contributed by atoms with Crippen LogP contribution in [0.4, 0.5) is 0 Å². The predicted octanol–water partition coefficient (Wildman–Crippen LogP) is 6.94. The first-order chi connectivity index (χ1) is 17.8. The number of hydrogen-bond donors (Lipinski definition) is 0. The van der Waals surface area contributed by atoms with E-state index in [4.69, 9.17) is 4.99 Å². The van der Waals surface area contributed by atoms with E-state index < -0.39 is 5.54 Å². The number of nitrogens with zero attached hydrogens (tertiary/aromatic N) is 4. The fourth-order valence-electron chi connectivity index (χ4n) is 5.46. The highest BCUT2D eigenvalue weighted by molar-refractivity contribution is 6.09. The molecular weight excluding hydrogens is 440 g/mol. The molecule has 1 unspecified atom stereocenters. The summed E-state index contributed by atoms with van der Waals surface area (Å²) >= 11 is 0. The molecule has 0 amide bonds. The smallest absolute Gasteiger partial charge is 0.130 e. The lowest BCUT2D eigenvalue weighted by Crippen LogP contribution is -2.32. The molecule has 4 nitrogen and oxygen atoms in total. The van der Waals surface area contributed by atoms with E-state index in [2.05, 4.69) is 107 Å². The van der Waals surface area contributed by atoms with Crippen LogP contribution in [0.5, 0.6) is 0 Å². The zero-order valence-electron chi connectivity index (χ0n) is 20.4. The third-order valence-corrected chi connectivity index (χ3v) is 7.22. The van der Waals surface area contributed by atoms with E-state index in [1.807, 2.05) is 12.3 Å². The van der Waals surface area contributed by atoms with Crippen molar-refractivity contribution in [1.82, 2.24) is 15.4 Å². The van der Waals surface area contributed by atoms with Gasteiger partial charge in [-0.1, -0.05) is 80.4 Å². The first kappa shape index (κ1) is 22.3. The Bertz CT molecular complexity index is 1390. The maximum absolute atomic E-state index is 5.01. The lowest BCUT2D eigenvalue weighted by molar-refractivity contribution is 0.688. The molecule has 0 radical (unpaired) electrons. The second-order valence-electron chi connectivity index (χ2n) is 9.42. The van der Waals surface area contributed by atoms with Crippen molar-refractivity contribution in [3.05, 3.63) is 124 Å². The Labute approximate surface area is 212 Å². The van der Waals surface area contributed by atoms with E-state index in [0.29, 0.717) is 0 Å². The molecule has 176 valence electrons. The number of aryl methyl sites for hydroxylation is 1. The Hall–Kier alpha value is -4.18. The zero-order chi connectivity index (χ0) is 24.4. The van der Waals surface area contributed by atoms with Crippen molar-refractivity contribution in [1.29, 1.82) is 0 Å². The van der Waals surface area contributed by atoms with Crippen molar-refractivity contribution in [3.63, 3.8) is 0 Å². The number of allylic oxidation sites excluding steroid dienone is 3. The van der Waals surface area contributed by atoms with Gasteiger partial charge in [-0.05, 0) is 93.0 Å². The lowest BCUT2D eigenvalue weighted by Gasteiger charge is -2.35. The highest BCUT2D eigenvalue weighted by Crippen LogP contribution is 2.54. The third-order valence-electron chi connectivity index (χ3n) is 7.22. The third kappa shape index (κ3) is 3.79. The Kier molecular flexibility index (Phi) is 5.86. The van der Waals surface area contributed by atoms with Crippen molar-refractivity contribution in [3.8, 4) is 0 Å². The van der Waals surface area contributed by atoms with Crippen molar-refractivity contribution in [2.24, 2.45) is 4.99 Å². The van der Waals surface area contributed by atoms with Gasteiger partial charge in [-0.3, -0.25) is 4.99 Å². The average molecular weight is 469 g/mol. The fraction of sp³-hybridized carbons (Fsp3) is 0.188. The Morgan fingerprint density at radius 1 is 0.778 bits per heavy atom. The normalized spacial score (nSPS) is 19.7. The number of benzene rings is 2. The van der Waals surface area contributed by atoms with Gasteiger partial charge in [0.2, 0.25) is 0 Å². The van der Waals surface area contributed by atoms with Crippen LogP contribution in [0, 0.1) is 0 Å². The standard InChI is InChI=1S/C24H15N.C8H13N3/c1-3-8-18-16(6-1)14-22-20(18)10-5-12-24(22)23-15-17-7-2-4-9-19(17)21(23)11-13-25-24;1-2-3-4-5-8-6-7-9-11-10-8/h1-15H;6-7H,2-5H2,1H3. The van der Waals surface area contributed by atoms with E-state index >= 15 is 0 Å². The highest BCUT2D eigenvalue weighted by atomic mass is 15.3. The number of fused-ring (bicyclic) bond motifs is 8. The van der Waals surface area contributed by atoms with Gasteiger partial charge in [0.05, 0.1) is 11.9 Å². The van der Waals surface area contributed by atoms with Crippen LogP contribution in [0.2, 0.25) is 0 Å². The summed E-state index contributed by atoms with van der Waals surface area (Å²) in [7, 11) is 0. The van der Waals surface area contributed by atoms with E-state index in [-0.39, 0.29) is 0 Å². The van der Waals surface area contributed by atoms with Gasteiger partial charge in [-0.2, -0.15) is 0 Å². The highest BCUT2D eigenvalue weighted by Gasteiger charge is 2.45. The number of aliphatic imine (C=N–C) groups is 1. The van der Waals surface area contributed by atoms with Crippen molar-refractivity contribution in [2.75, 3.05) is 0 Å². The van der Waals surface area contributed by atoms with Crippen molar-refractivity contribution in [2.45, 2.75) is 38.1 Å². The molecule has 0 saturated carbocycles. The predicted molar refractivity (Wildman–Crippen MR) is 148 cm³/mol. The number of dihydropyridines is 1. The Balaban J connectivity index is 0.000000186. The van der Waals surface area contributed by atoms with Crippen LogP contribution in [0.3, 0.4) is 0 Å². The van der Waals surface area contributed by atoms with Gasteiger partial charge in [0.1, 0.15) is 5.54 Å². The molecule has 1 atom stereocenters. The quantitative estimate of drug-likeness (QED) is 0.390. The zero-order valence-corrected chi connectivity index (χ0v) is 20.4. The van der Waals surface area contributed by atoms with E-state index in [1.54, 1.807) is 6.20 Å². The van der Waals surface area contributed by atoms with Gasteiger partial charge >= 0.3 is 0 Å². The van der Waals surface area contributed by atoms with Crippen LogP contribution < -0.4 is 0 Å². The van der Waals surface area contributed by atoms with Crippen LogP contribution in [0.25, 0.3) is 23.3 Å². The van der Waals surface area contributed by atoms with Gasteiger partial charge in [-0.25, -0.2) is 0 Å². The molecule has 3 aromatic rings. The number of aromatic nitrogens is 3. The van der Waals surface area contributed by atoms with E-state index in [9.17, 15) is 0 Å². The molecular formula is C32H28N4. The molecule has 4 heteroatoms. The molecule has 0 fully saturated rings. The summed E-state index contributed by atoms with van der Waals surface area (Å²) in [5.74, 6) is 0. The molecule has 0 saturated heterocycles. The topological polar surface area (TPSA) is 51.0 Å². The summed E-state index contributed by atoms with van der Waals surface area (Å²) in [6.45, 7) is 2.19. The molecule has 1 aliphatic heterocycles. The monoisotopic (exact) mass is 468 g/mol. The Morgan fingerprint density at radius 2 is 1.47 bits per heavy atom. The van der Waals surface area contributed by atoms with Gasteiger partial charge < -0.3 is 0 Å². The minimum atomic E-state index is -0.411. The maximum Gasteiger partial charge on any atom is 0.130 e. The van der Waals surface area contributed by atoms with Gasteiger partial charge in [0, 0.05) is 6.21 Å². The summed E-state index contributed by atoms with van der Waals surface area (Å²) in [6, 6.07) is 19.2. The first-order valence-electron chi connectivity index (χ1n) is 12.7. The molecule has 36 heavy (non-hydrogen) atoms. The lowest BCUT2D eigenvalue weighted by atomic mass is 9.73. The van der Waals surface area contributed by atoms with Crippen LogP contribution in [0.1, 0.15) is 54.1 Å². The largest absolute Gasteiger partial charge is 0.273 e. The summed E-state index contributed by atoms with van der Waals surface area (Å²) < 4.78 is 0. The molecule has 2 heterocycles. The molecule has 3 aliphatic carbocycles. The van der Waals surface area contributed by atoms with Gasteiger partial charge in [0.15, 0.2) is 0 Å². The molecule has 4 aliphatic rings. The number of rotatable bonds is 4. The summed E-state index contributed by atoms with van der Waals surface area (Å²) in [4.78, 5) is 5.01. The Morgan fingerprint density at radius 3 is 2.14 bits per heavy atom. The fourth-order valence-corrected chi connectivity index (χ4v) is 5.46. The molecule has 0 N–H and O–H groups in total. The van der Waals surface area contributed by atoms with Crippen LogP contribution in [-0.2, 0) is 6.42 Å². The molecule has 1 spiro atoms. The minimum absolute atomic E-state index is 0.411. The molecule has 0 bridgehead atoms. The number of unbranched alkanes of at least 4 members (excludes halogenated alkanes) is 2. The van der Waals surface area contributed by atoms with Crippen molar-refractivity contribution >= 4 is 29.5 Å². The van der Waals surface area contributed by atoms with E-state index in [1.165, 1.54) is 63.8 Å². The second-order valence-corrected chi connectivity index (χ2v) is 9.42. The van der Waals surface area contributed by atoms with Gasteiger partial charge in [0.25, 0.3) is 0 Å². The first-order valence-corrected chi connectivity index (χ1v) is 12.7. The van der Waals surface area contributed by atoms with E-state index in [0.717, 1.165) is 12.1 Å². The molecule has 1 aromatic heterocycles. The van der Waals surface area contributed by atoms with Gasteiger partial charge in [-0.15, -0.1) is 10.2 Å². The molecule has 7 rings (SSSR count). The summed E-state index contributed by atoms with van der Waals surface area (Å²) in [5.41, 5.74) is 11.0. The second kappa shape index (κ2) is 9.46. The van der Waals surface area contributed by atoms with Crippen LogP contribution in [0.15, 0.2) is 101 Å². The minimum Gasteiger partial charge on any atom is -0.273 e. The number of hydrogen-bond acceptors (Lipinski definition) is 4.